The zero-order chi connectivity index (χ0) is 13.4. The molecule has 0 heterocycles. The van der Waals surface area contributed by atoms with Crippen LogP contribution in [0.4, 0.5) is 13.2 Å². The molecule has 1 saturated carbocycles. The van der Waals surface area contributed by atoms with Crippen LogP contribution < -0.4 is 4.72 Å². The van der Waals surface area contributed by atoms with Crippen molar-refractivity contribution in [3.8, 4) is 0 Å². The average Bonchev–Trinajstić information content (AvgIpc) is 2.84. The predicted octanol–water partition coefficient (Wildman–Crippen LogP) is 2.75. The number of rotatable bonds is 5. The molecule has 0 radical (unpaired) electrons. The molecule has 2 aliphatic carbocycles. The molecule has 2 aliphatic rings. The van der Waals surface area contributed by atoms with E-state index in [2.05, 4.69) is 23.3 Å². The van der Waals surface area contributed by atoms with Gasteiger partial charge < -0.3 is 0 Å². The van der Waals surface area contributed by atoms with Gasteiger partial charge in [-0.05, 0) is 43.4 Å². The number of hydrogen-bond acceptors (Lipinski definition) is 2. The minimum atomic E-state index is -4.84. The van der Waals surface area contributed by atoms with Crippen molar-refractivity contribution in [2.24, 2.45) is 17.8 Å². The van der Waals surface area contributed by atoms with Gasteiger partial charge in [0, 0.05) is 17.7 Å². The van der Waals surface area contributed by atoms with Gasteiger partial charge in [0.05, 0.1) is 0 Å². The Hall–Kier alpha value is -0.140. The maximum absolute atomic E-state index is 12.2. The molecule has 2 bridgehead atoms. The monoisotopic (exact) mass is 299 g/mol. The van der Waals surface area contributed by atoms with Gasteiger partial charge in [-0.25, -0.2) is 8.93 Å². The first kappa shape index (κ1) is 14.3. The van der Waals surface area contributed by atoms with E-state index in [0.29, 0.717) is 24.2 Å². The molecule has 18 heavy (non-hydrogen) atoms. The lowest BCUT2D eigenvalue weighted by Crippen LogP contribution is -2.36. The van der Waals surface area contributed by atoms with Crippen molar-refractivity contribution in [3.63, 3.8) is 0 Å². The Morgan fingerprint density at radius 1 is 1.33 bits per heavy atom. The summed E-state index contributed by atoms with van der Waals surface area (Å²) in [5, 5.41) is 0. The van der Waals surface area contributed by atoms with Crippen LogP contribution in [-0.2, 0) is 19.9 Å². The van der Waals surface area contributed by atoms with Gasteiger partial charge >= 0.3 is 5.51 Å². The molecular weight excluding hydrogens is 283 g/mol. The molecule has 0 aromatic carbocycles. The lowest BCUT2D eigenvalue weighted by molar-refractivity contribution is -0.0399. The van der Waals surface area contributed by atoms with Gasteiger partial charge in [0.25, 0.3) is 0 Å². The number of fused-ring (bicyclic) bond motifs is 2. The first-order chi connectivity index (χ1) is 8.29. The van der Waals surface area contributed by atoms with E-state index in [-0.39, 0.29) is 6.54 Å². The second kappa shape index (κ2) is 5.09. The van der Waals surface area contributed by atoms with Gasteiger partial charge in [-0.1, -0.05) is 12.2 Å². The van der Waals surface area contributed by atoms with Crippen molar-refractivity contribution in [1.29, 1.82) is 0 Å². The van der Waals surface area contributed by atoms with Crippen molar-refractivity contribution < 1.29 is 17.4 Å². The molecule has 0 aromatic rings. The number of nitrogens with one attached hydrogen (secondary N) is 1. The largest absolute Gasteiger partial charge is 0.486 e. The zero-order valence-corrected chi connectivity index (χ0v) is 11.4. The summed E-state index contributed by atoms with van der Waals surface area (Å²) in [5.74, 6) is 1.85. The van der Waals surface area contributed by atoms with Crippen LogP contribution in [0.3, 0.4) is 0 Å². The first-order valence-electron chi connectivity index (χ1n) is 6.04. The van der Waals surface area contributed by atoms with Gasteiger partial charge in [0.2, 0.25) is 0 Å². The van der Waals surface area contributed by atoms with Crippen molar-refractivity contribution in [1.82, 2.24) is 4.72 Å². The van der Waals surface area contributed by atoms with Gasteiger partial charge in [0.1, 0.15) is 0 Å². The van der Waals surface area contributed by atoms with Gasteiger partial charge in [-0.2, -0.15) is 13.2 Å². The fourth-order valence-electron chi connectivity index (χ4n) is 2.88. The Morgan fingerprint density at radius 3 is 2.56 bits per heavy atom. The standard InChI is InChI=1S/C11H16F3NOS2/c12-11(13,14)18(16,17)15-5-1-2-9-6-8-3-4-10(9)7-8/h3-4,8-10,15H,1-2,5-7H2. The Bertz CT molecular complexity index is 430. The van der Waals surface area contributed by atoms with Crippen LogP contribution in [0.2, 0.25) is 0 Å². The molecule has 0 aliphatic heterocycles. The van der Waals surface area contributed by atoms with E-state index in [1.807, 2.05) is 4.72 Å². The lowest BCUT2D eigenvalue weighted by Gasteiger charge is -2.18. The quantitative estimate of drug-likeness (QED) is 0.625. The molecule has 0 amide bonds. The molecule has 104 valence electrons. The molecule has 2 nitrogen and oxygen atoms in total. The minimum absolute atomic E-state index is 0.0689. The third-order valence-corrected chi connectivity index (χ3v) is 5.88. The fourth-order valence-corrected chi connectivity index (χ4v) is 3.71. The molecule has 2 rings (SSSR count). The molecule has 0 spiro atoms. The summed E-state index contributed by atoms with van der Waals surface area (Å²) in [6, 6.07) is 0. The number of allylic oxidation sites excluding steroid dienone is 2. The fraction of sp³-hybridized carbons (Fsp3) is 0.818. The van der Waals surface area contributed by atoms with Crippen LogP contribution in [0, 0.1) is 17.8 Å². The number of alkyl halides is 3. The molecule has 4 atom stereocenters. The van der Waals surface area contributed by atoms with Crippen LogP contribution in [-0.4, -0.2) is 16.3 Å². The summed E-state index contributed by atoms with van der Waals surface area (Å²) < 4.78 is 49.8. The predicted molar refractivity (Wildman–Crippen MR) is 67.6 cm³/mol. The molecule has 1 fully saturated rings. The average molecular weight is 299 g/mol. The molecular formula is C11H16F3NOS2. The lowest BCUT2D eigenvalue weighted by atomic mass is 9.89. The van der Waals surface area contributed by atoms with E-state index in [1.165, 1.54) is 6.42 Å². The Balaban J connectivity index is 1.70. The van der Waals surface area contributed by atoms with Crippen molar-refractivity contribution >= 4 is 19.9 Å². The summed E-state index contributed by atoms with van der Waals surface area (Å²) in [5.41, 5.74) is -4.84. The Kier molecular flexibility index (Phi) is 4.04. The molecule has 1 N–H and O–H groups in total. The number of hydrogen-bond donors (Lipinski definition) is 1. The van der Waals surface area contributed by atoms with Crippen LogP contribution in [0.1, 0.15) is 25.7 Å². The topological polar surface area (TPSA) is 29.1 Å². The molecule has 0 aromatic heterocycles. The van der Waals surface area contributed by atoms with Gasteiger partial charge in [-0.15, -0.1) is 0 Å². The summed E-state index contributed by atoms with van der Waals surface area (Å²) in [6.45, 7) is 0.0689. The van der Waals surface area contributed by atoms with E-state index >= 15 is 0 Å². The van der Waals surface area contributed by atoms with Crippen LogP contribution in [0.5, 0.6) is 0 Å². The normalized spacial score (nSPS) is 33.8. The highest BCUT2D eigenvalue weighted by Gasteiger charge is 2.41. The van der Waals surface area contributed by atoms with Gasteiger partial charge in [-0.3, -0.25) is 0 Å². The third-order valence-electron chi connectivity index (χ3n) is 3.76. The van der Waals surface area contributed by atoms with Crippen molar-refractivity contribution in [2.75, 3.05) is 6.54 Å². The summed E-state index contributed by atoms with van der Waals surface area (Å²) >= 11 is 4.06. The first-order valence-corrected chi connectivity index (χ1v) is 8.52. The van der Waals surface area contributed by atoms with Crippen molar-refractivity contribution in [3.05, 3.63) is 12.2 Å². The second-order valence-corrected chi connectivity index (χ2v) is 8.19. The van der Waals surface area contributed by atoms with Crippen LogP contribution in [0.25, 0.3) is 0 Å². The van der Waals surface area contributed by atoms with E-state index in [4.69, 9.17) is 0 Å². The Morgan fingerprint density at radius 2 is 2.06 bits per heavy atom. The maximum atomic E-state index is 12.2. The second-order valence-electron chi connectivity index (χ2n) is 5.03. The van der Waals surface area contributed by atoms with E-state index in [9.17, 15) is 17.4 Å². The molecule has 0 saturated heterocycles. The maximum Gasteiger partial charge on any atom is 0.486 e. The van der Waals surface area contributed by atoms with E-state index < -0.39 is 14.2 Å². The van der Waals surface area contributed by atoms with Crippen molar-refractivity contribution in [2.45, 2.75) is 31.2 Å². The van der Waals surface area contributed by atoms with E-state index in [1.54, 1.807) is 0 Å². The third kappa shape index (κ3) is 3.05. The highest BCUT2D eigenvalue weighted by molar-refractivity contribution is 8.32. The summed E-state index contributed by atoms with van der Waals surface area (Å²) in [4.78, 5) is 0. The summed E-state index contributed by atoms with van der Waals surface area (Å²) in [6.07, 6.45) is 8.26. The minimum Gasteiger partial charge on any atom is -0.232 e. The highest BCUT2D eigenvalue weighted by atomic mass is 32.8. The Labute approximate surface area is 110 Å². The van der Waals surface area contributed by atoms with Crippen LogP contribution in [0.15, 0.2) is 12.2 Å². The summed E-state index contributed by atoms with van der Waals surface area (Å²) in [7, 11) is -4.33. The highest BCUT2D eigenvalue weighted by Crippen LogP contribution is 2.45. The zero-order valence-electron chi connectivity index (χ0n) is 9.78. The molecule has 4 unspecified atom stereocenters. The molecule has 7 heteroatoms. The van der Waals surface area contributed by atoms with E-state index in [0.717, 1.165) is 12.8 Å². The van der Waals surface area contributed by atoms with Gasteiger partial charge in [0.15, 0.2) is 8.68 Å². The SMILES string of the molecule is O=S(=S)(NCCCC1CC2C=CC1C2)C(F)(F)F. The van der Waals surface area contributed by atoms with Crippen LogP contribution >= 0.6 is 0 Å². The smallest absolute Gasteiger partial charge is 0.232 e. The number of halogens is 3.